The normalized spacial score (nSPS) is 31.8. The van der Waals surface area contributed by atoms with Crippen molar-refractivity contribution in [2.24, 2.45) is 0 Å². The van der Waals surface area contributed by atoms with Crippen LogP contribution in [-0.2, 0) is 19.7 Å². The van der Waals surface area contributed by atoms with Gasteiger partial charge in [0.2, 0.25) is 0 Å². The zero-order chi connectivity index (χ0) is 9.19. The Hall–Kier alpha value is -0.200. The highest BCUT2D eigenvalue weighted by atomic mass is 32.3. The van der Waals surface area contributed by atoms with Crippen LogP contribution >= 0.6 is 0 Å². The Morgan fingerprint density at radius 3 is 2.50 bits per heavy atom. The molecule has 0 unspecified atom stereocenters. The summed E-state index contributed by atoms with van der Waals surface area (Å²) in [5.74, 6) is -0.611. The minimum absolute atomic E-state index is 0.0384. The second kappa shape index (κ2) is 3.68. The van der Waals surface area contributed by atoms with E-state index in [1.54, 1.807) is 6.92 Å². The van der Waals surface area contributed by atoms with Crippen molar-refractivity contribution in [3.05, 3.63) is 0 Å². The van der Waals surface area contributed by atoms with Gasteiger partial charge in [0.25, 0.3) is 0 Å². The van der Waals surface area contributed by atoms with Gasteiger partial charge in [-0.2, -0.15) is 8.42 Å². The SMILES string of the molecule is C[C@@H]1CO[C@@H](CS(=O)(=O)F)CO1. The van der Waals surface area contributed by atoms with E-state index in [9.17, 15) is 12.3 Å². The lowest BCUT2D eigenvalue weighted by atomic mass is 10.3. The van der Waals surface area contributed by atoms with Crippen molar-refractivity contribution in [1.82, 2.24) is 0 Å². The van der Waals surface area contributed by atoms with Gasteiger partial charge in [-0.05, 0) is 6.92 Å². The van der Waals surface area contributed by atoms with Crippen LogP contribution in [0.1, 0.15) is 6.92 Å². The lowest BCUT2D eigenvalue weighted by Crippen LogP contribution is -2.37. The van der Waals surface area contributed by atoms with Gasteiger partial charge in [0.1, 0.15) is 5.75 Å². The quantitative estimate of drug-likeness (QED) is 0.590. The molecule has 0 aromatic carbocycles. The first-order valence-electron chi connectivity index (χ1n) is 3.63. The van der Waals surface area contributed by atoms with E-state index >= 15 is 0 Å². The topological polar surface area (TPSA) is 52.6 Å². The van der Waals surface area contributed by atoms with Gasteiger partial charge >= 0.3 is 10.2 Å². The molecular weight excluding hydrogens is 187 g/mol. The van der Waals surface area contributed by atoms with Crippen LogP contribution < -0.4 is 0 Å². The van der Waals surface area contributed by atoms with E-state index in [0.717, 1.165) is 0 Å². The fraction of sp³-hybridized carbons (Fsp3) is 1.00. The fourth-order valence-electron chi connectivity index (χ4n) is 0.958. The van der Waals surface area contributed by atoms with Crippen LogP contribution in [0.15, 0.2) is 0 Å². The first-order chi connectivity index (χ1) is 5.47. The molecule has 72 valence electrons. The van der Waals surface area contributed by atoms with Crippen LogP contribution in [0.5, 0.6) is 0 Å². The molecule has 1 rings (SSSR count). The molecule has 0 aromatic rings. The van der Waals surface area contributed by atoms with Crippen molar-refractivity contribution < 1.29 is 21.8 Å². The Balaban J connectivity index is 2.36. The van der Waals surface area contributed by atoms with Crippen molar-refractivity contribution >= 4 is 10.2 Å². The van der Waals surface area contributed by atoms with Crippen molar-refractivity contribution in [2.45, 2.75) is 19.1 Å². The number of rotatable bonds is 2. The van der Waals surface area contributed by atoms with Gasteiger partial charge in [-0.25, -0.2) is 0 Å². The third-order valence-electron chi connectivity index (χ3n) is 1.52. The number of halogens is 1. The summed E-state index contributed by atoms with van der Waals surface area (Å²) < 4.78 is 42.6. The third kappa shape index (κ3) is 3.46. The molecule has 6 heteroatoms. The molecule has 2 atom stereocenters. The molecule has 0 spiro atoms. The Morgan fingerprint density at radius 2 is 2.08 bits per heavy atom. The first kappa shape index (κ1) is 9.88. The van der Waals surface area contributed by atoms with Gasteiger partial charge in [-0.3, -0.25) is 0 Å². The predicted molar refractivity (Wildman–Crippen MR) is 40.0 cm³/mol. The molecule has 4 nitrogen and oxygen atoms in total. The Labute approximate surface area is 70.9 Å². The van der Waals surface area contributed by atoms with Gasteiger partial charge in [0, 0.05) is 0 Å². The van der Waals surface area contributed by atoms with Gasteiger partial charge in [0.15, 0.2) is 0 Å². The molecule has 0 bridgehead atoms. The minimum atomic E-state index is -4.45. The number of hydrogen-bond donors (Lipinski definition) is 0. The lowest BCUT2D eigenvalue weighted by molar-refractivity contribution is -0.118. The summed E-state index contributed by atoms with van der Waals surface area (Å²) in [5.41, 5.74) is 0. The van der Waals surface area contributed by atoms with E-state index in [4.69, 9.17) is 9.47 Å². The standard InChI is InChI=1S/C6H11FO4S/c1-5-2-11-6(3-10-5)4-12(7,8)9/h5-6H,2-4H2,1H3/t5-,6-/m1/s1. The molecule has 1 saturated heterocycles. The molecule has 0 radical (unpaired) electrons. The average molecular weight is 198 g/mol. The van der Waals surface area contributed by atoms with E-state index in [0.29, 0.717) is 6.61 Å². The monoisotopic (exact) mass is 198 g/mol. The van der Waals surface area contributed by atoms with Crippen LogP contribution in [0.25, 0.3) is 0 Å². The Kier molecular flexibility index (Phi) is 3.03. The van der Waals surface area contributed by atoms with Crippen LogP contribution in [-0.4, -0.2) is 39.6 Å². The molecule has 0 amide bonds. The summed E-state index contributed by atoms with van der Waals surface area (Å²) in [4.78, 5) is 0. The molecule has 0 saturated carbocycles. The van der Waals surface area contributed by atoms with E-state index in [1.165, 1.54) is 0 Å². The summed E-state index contributed by atoms with van der Waals surface area (Å²) in [6.07, 6.45) is -0.695. The highest BCUT2D eigenvalue weighted by Gasteiger charge is 2.24. The van der Waals surface area contributed by atoms with Crippen LogP contribution in [0.4, 0.5) is 3.89 Å². The maximum absolute atomic E-state index is 12.1. The molecule has 12 heavy (non-hydrogen) atoms. The van der Waals surface area contributed by atoms with Gasteiger partial charge in [-0.1, -0.05) is 0 Å². The average Bonchev–Trinajstić information content (AvgIpc) is 1.91. The van der Waals surface area contributed by atoms with Crippen LogP contribution in [0.2, 0.25) is 0 Å². The van der Waals surface area contributed by atoms with E-state index < -0.39 is 22.1 Å². The summed E-state index contributed by atoms with van der Waals surface area (Å²) in [7, 11) is -4.45. The predicted octanol–water partition coefficient (Wildman–Crippen LogP) is 0.0896. The highest BCUT2D eigenvalue weighted by molar-refractivity contribution is 7.86. The molecule has 1 fully saturated rings. The number of hydrogen-bond acceptors (Lipinski definition) is 4. The van der Waals surface area contributed by atoms with E-state index in [-0.39, 0.29) is 12.7 Å². The molecule has 1 aliphatic heterocycles. The van der Waals surface area contributed by atoms with Crippen molar-refractivity contribution in [2.75, 3.05) is 19.0 Å². The van der Waals surface area contributed by atoms with Crippen molar-refractivity contribution in [3.8, 4) is 0 Å². The highest BCUT2D eigenvalue weighted by Crippen LogP contribution is 2.09. The van der Waals surface area contributed by atoms with Crippen LogP contribution in [0.3, 0.4) is 0 Å². The number of ether oxygens (including phenoxy) is 2. The van der Waals surface area contributed by atoms with Crippen molar-refractivity contribution in [3.63, 3.8) is 0 Å². The fourth-order valence-corrected chi connectivity index (χ4v) is 1.59. The smallest absolute Gasteiger partial charge is 0.305 e. The van der Waals surface area contributed by atoms with Crippen molar-refractivity contribution in [1.29, 1.82) is 0 Å². The molecule has 0 N–H and O–H groups in total. The van der Waals surface area contributed by atoms with Gasteiger partial charge < -0.3 is 9.47 Å². The molecule has 0 aromatic heterocycles. The zero-order valence-electron chi connectivity index (χ0n) is 6.70. The molecule has 1 heterocycles. The second-order valence-electron chi connectivity index (χ2n) is 2.80. The summed E-state index contributed by atoms with van der Waals surface area (Å²) >= 11 is 0. The van der Waals surface area contributed by atoms with Gasteiger partial charge in [-0.15, -0.1) is 3.89 Å². The van der Waals surface area contributed by atoms with E-state index in [1.807, 2.05) is 0 Å². The maximum Gasteiger partial charge on any atom is 0.305 e. The summed E-state index contributed by atoms with van der Waals surface area (Å²) in [6, 6.07) is 0. The lowest BCUT2D eigenvalue weighted by Gasteiger charge is -2.26. The second-order valence-corrected chi connectivity index (χ2v) is 4.22. The molecular formula is C6H11FO4S. The Bertz CT molecular complexity index is 230. The summed E-state index contributed by atoms with van der Waals surface area (Å²) in [6.45, 7) is 2.27. The first-order valence-corrected chi connectivity index (χ1v) is 5.18. The zero-order valence-corrected chi connectivity index (χ0v) is 7.51. The minimum Gasteiger partial charge on any atom is -0.373 e. The van der Waals surface area contributed by atoms with E-state index in [2.05, 4.69) is 0 Å². The maximum atomic E-state index is 12.1. The third-order valence-corrected chi connectivity index (χ3v) is 2.29. The van der Waals surface area contributed by atoms with Crippen LogP contribution in [0, 0.1) is 0 Å². The Morgan fingerprint density at radius 1 is 1.42 bits per heavy atom. The molecule has 1 aliphatic rings. The summed E-state index contributed by atoms with van der Waals surface area (Å²) in [5, 5.41) is 0. The largest absolute Gasteiger partial charge is 0.373 e. The van der Waals surface area contributed by atoms with Gasteiger partial charge in [0.05, 0.1) is 25.4 Å². The molecule has 0 aliphatic carbocycles.